The number of tetrazole rings is 2. The lowest BCUT2D eigenvalue weighted by molar-refractivity contribution is 0.0499. The summed E-state index contributed by atoms with van der Waals surface area (Å²) in [6.07, 6.45) is 12.2. The maximum absolute atomic E-state index is 11.5. The molecule has 0 aliphatic carbocycles. The summed E-state index contributed by atoms with van der Waals surface area (Å²) < 4.78 is 11.6. The Labute approximate surface area is 198 Å². The first-order chi connectivity index (χ1) is 15.8. The number of ether oxygens (including phenoxy) is 2. The lowest BCUT2D eigenvalue weighted by Crippen LogP contribution is -2.40. The molecule has 2 amide bonds. The van der Waals surface area contributed by atoms with Gasteiger partial charge in [0, 0.05) is 0 Å². The van der Waals surface area contributed by atoms with Crippen molar-refractivity contribution in [3.63, 3.8) is 0 Å². The number of amides is 2. The molecule has 14 heteroatoms. The van der Waals surface area contributed by atoms with Crippen molar-refractivity contribution in [1.29, 1.82) is 0 Å². The summed E-state index contributed by atoms with van der Waals surface area (Å²) in [6.45, 7) is 11.2. The van der Waals surface area contributed by atoms with Gasteiger partial charge in [-0.1, -0.05) is 11.8 Å². The van der Waals surface area contributed by atoms with Crippen LogP contribution in [0.3, 0.4) is 0 Å². The van der Waals surface area contributed by atoms with Crippen molar-refractivity contribution in [2.24, 2.45) is 0 Å². The number of carbonyl (C=O) groups excluding carboxylic acids is 2. The van der Waals surface area contributed by atoms with Crippen molar-refractivity contribution >= 4 is 12.2 Å². The SMILES string of the molecule is C#CC(Cn1cnnn1)NC(=O)OC(C)(C)C.C#CC(Cn1ncnn1)NC(=O)OC(C)(C)C. The predicted octanol–water partition coefficient (Wildman–Crippen LogP) is 0.399. The van der Waals surface area contributed by atoms with E-state index in [2.05, 4.69) is 53.4 Å². The van der Waals surface area contributed by atoms with Gasteiger partial charge >= 0.3 is 12.2 Å². The van der Waals surface area contributed by atoms with Gasteiger partial charge in [-0.25, -0.2) is 14.3 Å². The minimum absolute atomic E-state index is 0.246. The van der Waals surface area contributed by atoms with Crippen LogP contribution >= 0.6 is 0 Å². The molecule has 0 aliphatic heterocycles. The average Bonchev–Trinajstić information content (AvgIpc) is 3.38. The molecule has 0 aliphatic rings. The molecule has 0 saturated heterocycles. The van der Waals surface area contributed by atoms with Crippen molar-refractivity contribution in [1.82, 2.24) is 51.0 Å². The third-order valence-electron chi connectivity index (χ3n) is 3.28. The zero-order valence-corrected chi connectivity index (χ0v) is 20.1. The van der Waals surface area contributed by atoms with Crippen LogP contribution in [0.1, 0.15) is 41.5 Å². The van der Waals surface area contributed by atoms with Crippen LogP contribution in [0.25, 0.3) is 0 Å². The highest BCUT2D eigenvalue weighted by atomic mass is 16.6. The molecule has 2 heterocycles. The molecule has 0 fully saturated rings. The van der Waals surface area contributed by atoms with E-state index in [4.69, 9.17) is 22.3 Å². The van der Waals surface area contributed by atoms with Crippen LogP contribution in [0.4, 0.5) is 9.59 Å². The second-order valence-electron chi connectivity index (χ2n) is 8.75. The molecule has 2 rings (SSSR count). The molecule has 14 nitrogen and oxygen atoms in total. The number of hydrogen-bond donors (Lipinski definition) is 2. The number of aromatic nitrogens is 8. The smallest absolute Gasteiger partial charge is 0.408 e. The molecule has 2 atom stereocenters. The van der Waals surface area contributed by atoms with E-state index in [1.165, 1.54) is 22.1 Å². The Balaban J connectivity index is 0.000000340. The highest BCUT2D eigenvalue weighted by molar-refractivity contribution is 5.69. The lowest BCUT2D eigenvalue weighted by Gasteiger charge is -2.21. The van der Waals surface area contributed by atoms with Gasteiger partial charge in [0.15, 0.2) is 6.33 Å². The monoisotopic (exact) mass is 474 g/mol. The molecule has 2 aromatic heterocycles. The van der Waals surface area contributed by atoms with Gasteiger partial charge in [0.1, 0.15) is 29.6 Å². The first-order valence-corrected chi connectivity index (χ1v) is 10.1. The Kier molecular flexibility index (Phi) is 10.4. The van der Waals surface area contributed by atoms with Gasteiger partial charge in [-0.15, -0.1) is 28.1 Å². The zero-order valence-electron chi connectivity index (χ0n) is 20.1. The number of alkyl carbamates (subject to hydrolysis) is 2. The fraction of sp³-hybridized carbons (Fsp3) is 0.600. The summed E-state index contributed by atoms with van der Waals surface area (Å²) >= 11 is 0. The van der Waals surface area contributed by atoms with E-state index in [-0.39, 0.29) is 6.54 Å². The molecule has 2 unspecified atom stereocenters. The Bertz CT molecular complexity index is 883. The quantitative estimate of drug-likeness (QED) is 0.560. The van der Waals surface area contributed by atoms with E-state index >= 15 is 0 Å². The van der Waals surface area contributed by atoms with Crippen LogP contribution in [0.2, 0.25) is 0 Å². The average molecular weight is 475 g/mol. The summed E-state index contributed by atoms with van der Waals surface area (Å²) in [5.74, 6) is 4.85. The standard InChI is InChI=1S/2C10H15N5O2/c1-5-8(6-15-7-11-13-14-15)12-9(16)17-10(2,3)4;1-5-8(6-15-12-7-11-14-15)13-9(16)17-10(2,3)4/h1,7-8H,6H2,2-4H3,(H,12,16);1,7-8H,6H2,2-4H3,(H,13,16). The molecule has 184 valence electrons. The van der Waals surface area contributed by atoms with E-state index in [1.807, 2.05) is 0 Å². The fourth-order valence-electron chi connectivity index (χ4n) is 2.07. The number of hydrogen-bond acceptors (Lipinski definition) is 10. The normalized spacial score (nSPS) is 12.6. The zero-order chi connectivity index (χ0) is 25.8. The second-order valence-corrected chi connectivity index (χ2v) is 8.75. The molecule has 0 saturated carbocycles. The van der Waals surface area contributed by atoms with Gasteiger partial charge in [0.2, 0.25) is 0 Å². The van der Waals surface area contributed by atoms with Gasteiger partial charge in [0.25, 0.3) is 0 Å². The van der Waals surface area contributed by atoms with E-state index in [0.29, 0.717) is 6.54 Å². The largest absolute Gasteiger partial charge is 0.444 e. The van der Waals surface area contributed by atoms with E-state index in [0.717, 1.165) is 0 Å². The second kappa shape index (κ2) is 12.7. The van der Waals surface area contributed by atoms with Gasteiger partial charge < -0.3 is 20.1 Å². The van der Waals surface area contributed by atoms with E-state index in [9.17, 15) is 9.59 Å². The Morgan fingerprint density at radius 2 is 1.44 bits per heavy atom. The van der Waals surface area contributed by atoms with Gasteiger partial charge in [0.05, 0.1) is 13.1 Å². The molecule has 0 radical (unpaired) electrons. The minimum atomic E-state index is -0.569. The number of terminal acetylenes is 2. The molecule has 0 bridgehead atoms. The van der Waals surface area contributed by atoms with Gasteiger partial charge in [-0.05, 0) is 57.2 Å². The molecule has 0 spiro atoms. The topological polar surface area (TPSA) is 164 Å². The van der Waals surface area contributed by atoms with Crippen molar-refractivity contribution in [2.45, 2.75) is 77.9 Å². The van der Waals surface area contributed by atoms with Gasteiger partial charge in [-0.2, -0.15) is 4.80 Å². The maximum atomic E-state index is 11.5. The Hall–Kier alpha value is -4.20. The van der Waals surface area contributed by atoms with Crippen LogP contribution < -0.4 is 10.6 Å². The minimum Gasteiger partial charge on any atom is -0.444 e. The summed E-state index contributed by atoms with van der Waals surface area (Å²) in [5, 5.41) is 26.7. The Morgan fingerprint density at radius 3 is 1.82 bits per heavy atom. The Morgan fingerprint density at radius 1 is 0.912 bits per heavy atom. The number of nitrogens with zero attached hydrogens (tertiary/aromatic N) is 8. The molecule has 2 aromatic rings. The maximum Gasteiger partial charge on any atom is 0.408 e. The van der Waals surface area contributed by atoms with Crippen molar-refractivity contribution in [3.05, 3.63) is 12.7 Å². The first kappa shape index (κ1) is 27.8. The van der Waals surface area contributed by atoms with Crippen LogP contribution in [0.5, 0.6) is 0 Å². The van der Waals surface area contributed by atoms with E-state index in [1.54, 1.807) is 41.5 Å². The molecule has 34 heavy (non-hydrogen) atoms. The summed E-state index contributed by atoms with van der Waals surface area (Å²) in [7, 11) is 0. The molecule has 2 N–H and O–H groups in total. The highest BCUT2D eigenvalue weighted by Crippen LogP contribution is 2.07. The third kappa shape index (κ3) is 12.6. The van der Waals surface area contributed by atoms with Crippen LogP contribution in [-0.4, -0.2) is 75.9 Å². The summed E-state index contributed by atoms with van der Waals surface area (Å²) in [6, 6.07) is -1.06. The van der Waals surface area contributed by atoms with E-state index < -0.39 is 35.5 Å². The van der Waals surface area contributed by atoms with Crippen molar-refractivity contribution in [2.75, 3.05) is 0 Å². The number of carbonyl (C=O) groups is 2. The van der Waals surface area contributed by atoms with Crippen LogP contribution in [-0.2, 0) is 22.6 Å². The predicted molar refractivity (Wildman–Crippen MR) is 120 cm³/mol. The van der Waals surface area contributed by atoms with Gasteiger partial charge in [-0.3, -0.25) is 0 Å². The lowest BCUT2D eigenvalue weighted by atomic mass is 10.2. The van der Waals surface area contributed by atoms with Crippen molar-refractivity contribution in [3.8, 4) is 24.7 Å². The number of nitrogens with one attached hydrogen (secondary N) is 2. The number of rotatable bonds is 6. The van der Waals surface area contributed by atoms with Crippen molar-refractivity contribution < 1.29 is 19.1 Å². The molecular formula is C20H30N10O4. The highest BCUT2D eigenvalue weighted by Gasteiger charge is 2.20. The molecule has 0 aromatic carbocycles. The first-order valence-electron chi connectivity index (χ1n) is 10.1. The summed E-state index contributed by atoms with van der Waals surface area (Å²) in [5.41, 5.74) is -1.12. The summed E-state index contributed by atoms with van der Waals surface area (Å²) in [4.78, 5) is 24.2. The third-order valence-corrected chi connectivity index (χ3v) is 3.28. The fourth-order valence-corrected chi connectivity index (χ4v) is 2.07. The molecular weight excluding hydrogens is 444 g/mol. The van der Waals surface area contributed by atoms with Crippen LogP contribution in [0, 0.1) is 24.7 Å². The van der Waals surface area contributed by atoms with Crippen LogP contribution in [0.15, 0.2) is 12.7 Å².